The molecule has 3 aliphatic heterocycles. The third kappa shape index (κ3) is 5.57. The Balaban J connectivity index is 1.25. The van der Waals surface area contributed by atoms with Crippen molar-refractivity contribution in [3.63, 3.8) is 0 Å². The Labute approximate surface area is 262 Å². The SMILES string of the molecule is Cc1cc2[nH]ncc2c(-c2ncc3c(=O)[nH]c(OC[C@@]45CCCN4C[C@H](F)C5)nc3c2F)c1CCC(OC(=O)O)[C@@H]1CCCNC1. The average Bonchev–Trinajstić information content (AvgIpc) is 3.73. The highest BCUT2D eigenvalue weighted by Crippen LogP contribution is 2.41. The van der Waals surface area contributed by atoms with E-state index in [-0.39, 0.29) is 35.1 Å². The van der Waals surface area contributed by atoms with Crippen molar-refractivity contribution >= 4 is 28.0 Å². The normalized spacial score (nSPS) is 24.0. The fourth-order valence-corrected chi connectivity index (χ4v) is 7.81. The fourth-order valence-electron chi connectivity index (χ4n) is 7.81. The average molecular weight is 638 g/mol. The number of hydrogen-bond acceptors (Lipinski definition) is 9. The minimum atomic E-state index is -1.33. The Bertz CT molecular complexity index is 1840. The van der Waals surface area contributed by atoms with Gasteiger partial charge in [-0.25, -0.2) is 13.6 Å². The van der Waals surface area contributed by atoms with Gasteiger partial charge in [0.05, 0.1) is 22.6 Å². The molecule has 7 rings (SSSR count). The number of carboxylic acid groups (broad SMARTS) is 1. The van der Waals surface area contributed by atoms with Gasteiger partial charge in [0.2, 0.25) is 0 Å². The van der Waals surface area contributed by atoms with Crippen molar-refractivity contribution < 1.29 is 28.2 Å². The number of alkyl halides is 1. The number of halogens is 2. The van der Waals surface area contributed by atoms with Crippen LogP contribution in [0.4, 0.5) is 13.6 Å². The Hall–Kier alpha value is -4.17. The van der Waals surface area contributed by atoms with Crippen molar-refractivity contribution in [1.29, 1.82) is 0 Å². The van der Waals surface area contributed by atoms with Crippen molar-refractivity contribution in [2.24, 2.45) is 5.92 Å². The zero-order valence-corrected chi connectivity index (χ0v) is 25.6. The van der Waals surface area contributed by atoms with Crippen LogP contribution < -0.4 is 15.6 Å². The van der Waals surface area contributed by atoms with Gasteiger partial charge in [-0.3, -0.25) is 24.8 Å². The van der Waals surface area contributed by atoms with Crippen LogP contribution in [0, 0.1) is 18.7 Å². The molecule has 4 atom stereocenters. The molecular formula is C32H37F2N7O5. The summed E-state index contributed by atoms with van der Waals surface area (Å²) in [6.45, 7) is 4.72. The molecule has 4 N–H and O–H groups in total. The fraction of sp³-hybridized carbons (Fsp3) is 0.531. The molecule has 0 amide bonds. The molecular weight excluding hydrogens is 600 g/mol. The number of benzene rings is 1. The lowest BCUT2D eigenvalue weighted by Crippen LogP contribution is -2.43. The first-order valence-electron chi connectivity index (χ1n) is 15.9. The second-order valence-corrected chi connectivity index (χ2v) is 12.9. The van der Waals surface area contributed by atoms with Gasteiger partial charge in [-0.15, -0.1) is 0 Å². The highest BCUT2D eigenvalue weighted by atomic mass is 19.1. The number of hydrogen-bond donors (Lipinski definition) is 4. The molecule has 0 bridgehead atoms. The molecule has 46 heavy (non-hydrogen) atoms. The Kier molecular flexibility index (Phi) is 8.09. The van der Waals surface area contributed by atoms with E-state index in [2.05, 4.69) is 35.4 Å². The van der Waals surface area contributed by atoms with E-state index < -0.39 is 35.3 Å². The van der Waals surface area contributed by atoms with Crippen molar-refractivity contribution in [2.45, 2.75) is 69.7 Å². The van der Waals surface area contributed by atoms with Crippen LogP contribution in [0.1, 0.15) is 49.7 Å². The molecule has 0 spiro atoms. The summed E-state index contributed by atoms with van der Waals surface area (Å²) < 4.78 is 42.2. The summed E-state index contributed by atoms with van der Waals surface area (Å²) >= 11 is 0. The smallest absolute Gasteiger partial charge is 0.463 e. The van der Waals surface area contributed by atoms with Gasteiger partial charge >= 0.3 is 6.16 Å². The lowest BCUT2D eigenvalue weighted by molar-refractivity contribution is 0.0147. The van der Waals surface area contributed by atoms with Gasteiger partial charge < -0.3 is 19.9 Å². The van der Waals surface area contributed by atoms with Crippen LogP contribution in [0.2, 0.25) is 0 Å². The van der Waals surface area contributed by atoms with Gasteiger partial charge in [0.1, 0.15) is 30.1 Å². The molecule has 0 aliphatic carbocycles. The molecule has 0 saturated carbocycles. The lowest BCUT2D eigenvalue weighted by atomic mass is 9.87. The quantitative estimate of drug-likeness (QED) is 0.196. The summed E-state index contributed by atoms with van der Waals surface area (Å²) in [5.41, 5.74) is 1.52. The molecule has 1 aromatic carbocycles. The summed E-state index contributed by atoms with van der Waals surface area (Å²) in [5.74, 6) is -0.769. The van der Waals surface area contributed by atoms with Gasteiger partial charge in [-0.2, -0.15) is 10.1 Å². The van der Waals surface area contributed by atoms with Crippen LogP contribution in [0.3, 0.4) is 0 Å². The highest BCUT2D eigenvalue weighted by molar-refractivity contribution is 5.98. The molecule has 4 aromatic rings. The standard InChI is InChI=1S/C32H37F2N7O5/c1-17-10-23-21(14-37-40-23)25(20(17)5-6-24(46-31(43)44)18-4-2-8-35-12-18)28-26(34)27-22(13-36-28)29(42)39-30(38-27)45-16-32-7-3-9-41(32)15-19(33)11-32/h10,13-14,18-19,24,35H,2-9,11-12,15-16H2,1H3,(H,37,40)(H,43,44)(H,38,39,42)/t18-,19-,24?,32+/m1/s1. The van der Waals surface area contributed by atoms with Crippen LogP contribution >= 0.6 is 0 Å². The molecule has 3 aromatic heterocycles. The summed E-state index contributed by atoms with van der Waals surface area (Å²) in [7, 11) is 0. The third-order valence-electron chi connectivity index (χ3n) is 10.0. The minimum absolute atomic E-state index is 0.00619. The van der Waals surface area contributed by atoms with E-state index in [0.717, 1.165) is 49.9 Å². The van der Waals surface area contributed by atoms with Crippen molar-refractivity contribution in [3.8, 4) is 17.3 Å². The number of pyridine rings is 1. The van der Waals surface area contributed by atoms with E-state index in [4.69, 9.17) is 9.47 Å². The van der Waals surface area contributed by atoms with Gasteiger partial charge in [-0.1, -0.05) is 0 Å². The predicted octanol–water partition coefficient (Wildman–Crippen LogP) is 4.26. The molecule has 3 fully saturated rings. The van der Waals surface area contributed by atoms with Crippen molar-refractivity contribution in [1.82, 2.24) is 35.4 Å². The molecule has 244 valence electrons. The van der Waals surface area contributed by atoms with E-state index in [1.165, 1.54) is 6.20 Å². The number of nitrogens with one attached hydrogen (secondary N) is 3. The number of carbonyl (C=O) groups is 1. The molecule has 12 nitrogen and oxygen atoms in total. The van der Waals surface area contributed by atoms with Gasteiger partial charge in [0.25, 0.3) is 11.6 Å². The number of aromatic nitrogens is 5. The highest BCUT2D eigenvalue weighted by Gasteiger charge is 2.49. The van der Waals surface area contributed by atoms with E-state index in [1.54, 1.807) is 6.20 Å². The zero-order chi connectivity index (χ0) is 32.0. The van der Waals surface area contributed by atoms with Crippen molar-refractivity contribution in [3.05, 3.63) is 45.8 Å². The first kappa shape index (κ1) is 30.5. The van der Waals surface area contributed by atoms with E-state index >= 15 is 4.39 Å². The molecule has 0 radical (unpaired) electrons. The maximum absolute atomic E-state index is 16.6. The minimum Gasteiger partial charge on any atom is -0.463 e. The maximum Gasteiger partial charge on any atom is 0.506 e. The summed E-state index contributed by atoms with van der Waals surface area (Å²) in [4.78, 5) is 38.1. The van der Waals surface area contributed by atoms with E-state index in [1.807, 2.05) is 13.0 Å². The zero-order valence-electron chi connectivity index (χ0n) is 25.6. The third-order valence-corrected chi connectivity index (χ3v) is 10.0. The molecule has 14 heteroatoms. The topological polar surface area (TPSA) is 158 Å². The van der Waals surface area contributed by atoms with Crippen molar-refractivity contribution in [2.75, 3.05) is 32.8 Å². The maximum atomic E-state index is 16.6. The largest absolute Gasteiger partial charge is 0.506 e. The first-order chi connectivity index (χ1) is 22.2. The van der Waals surface area contributed by atoms with Crippen LogP contribution in [0.5, 0.6) is 6.01 Å². The number of aromatic amines is 2. The number of aryl methyl sites for hydroxylation is 1. The second-order valence-electron chi connectivity index (χ2n) is 12.9. The van der Waals surface area contributed by atoms with Crippen LogP contribution in [0.15, 0.2) is 23.3 Å². The molecule has 1 unspecified atom stereocenters. The van der Waals surface area contributed by atoms with Crippen LogP contribution in [-0.4, -0.2) is 91.9 Å². The van der Waals surface area contributed by atoms with E-state index in [9.17, 15) is 19.1 Å². The molecule has 3 saturated heterocycles. The Morgan fingerprint density at radius 3 is 2.96 bits per heavy atom. The second kappa shape index (κ2) is 12.2. The first-order valence-corrected chi connectivity index (χ1v) is 15.9. The van der Waals surface area contributed by atoms with Crippen LogP contribution in [0.25, 0.3) is 33.1 Å². The van der Waals surface area contributed by atoms with Gasteiger partial charge in [0.15, 0.2) is 5.82 Å². The molecule has 3 aliphatic rings. The Morgan fingerprint density at radius 2 is 2.15 bits per heavy atom. The number of H-pyrrole nitrogens is 2. The molecule has 6 heterocycles. The summed E-state index contributed by atoms with van der Waals surface area (Å²) in [6.07, 6.45) is 4.69. The van der Waals surface area contributed by atoms with Gasteiger partial charge in [0, 0.05) is 42.6 Å². The van der Waals surface area contributed by atoms with Gasteiger partial charge in [-0.05, 0) is 75.7 Å². The predicted molar refractivity (Wildman–Crippen MR) is 165 cm³/mol. The number of fused-ring (bicyclic) bond motifs is 3. The lowest BCUT2D eigenvalue weighted by Gasteiger charge is -2.30. The summed E-state index contributed by atoms with van der Waals surface area (Å²) in [5, 5.41) is 20.5. The number of piperidine rings is 1. The Morgan fingerprint density at radius 1 is 1.28 bits per heavy atom. The van der Waals surface area contributed by atoms with E-state index in [0.29, 0.717) is 48.8 Å². The monoisotopic (exact) mass is 637 g/mol. The number of nitrogens with zero attached hydrogens (tertiary/aromatic N) is 4. The number of rotatable bonds is 9. The van der Waals surface area contributed by atoms with Crippen LogP contribution in [-0.2, 0) is 11.2 Å². The summed E-state index contributed by atoms with van der Waals surface area (Å²) in [6, 6.07) is 1.78. The number of ether oxygens (including phenoxy) is 2.